The molecule has 0 radical (unpaired) electrons. The molecule has 1 heterocycles. The standard InChI is InChI=1S/C24H27FN4O5/c1-26-22(30)14-33-7-6-32-8-9-34-21-11-15-10-19-23(18(15)13-20(21)31-2)28-29-24(19)27-17-5-3-4-16(25)12-17/h3-5,11-13H,6-10,14H2,1-2H3,(H,26,30)(H2,27,28,29). The van der Waals surface area contributed by atoms with E-state index in [-0.39, 0.29) is 18.3 Å². The summed E-state index contributed by atoms with van der Waals surface area (Å²) in [6.45, 7) is 1.41. The number of rotatable bonds is 12. The highest BCUT2D eigenvalue weighted by molar-refractivity contribution is 5.81. The van der Waals surface area contributed by atoms with Gasteiger partial charge in [0, 0.05) is 30.3 Å². The highest BCUT2D eigenvalue weighted by atomic mass is 19.1. The van der Waals surface area contributed by atoms with Crippen molar-refractivity contribution < 1.29 is 28.1 Å². The molecule has 180 valence electrons. The van der Waals surface area contributed by atoms with E-state index in [1.54, 1.807) is 26.3 Å². The van der Waals surface area contributed by atoms with Crippen LogP contribution in [0.2, 0.25) is 0 Å². The number of carbonyl (C=O) groups excluding carboxylic acids is 1. The maximum absolute atomic E-state index is 13.5. The van der Waals surface area contributed by atoms with E-state index in [4.69, 9.17) is 18.9 Å². The number of H-pyrrole nitrogens is 1. The molecule has 0 fully saturated rings. The van der Waals surface area contributed by atoms with Crippen LogP contribution in [0, 0.1) is 5.82 Å². The van der Waals surface area contributed by atoms with Crippen molar-refractivity contribution in [3.63, 3.8) is 0 Å². The van der Waals surface area contributed by atoms with Crippen LogP contribution < -0.4 is 20.1 Å². The molecule has 9 nitrogen and oxygen atoms in total. The van der Waals surface area contributed by atoms with Crippen LogP contribution in [-0.4, -0.2) is 63.3 Å². The maximum atomic E-state index is 13.5. The zero-order valence-electron chi connectivity index (χ0n) is 19.1. The summed E-state index contributed by atoms with van der Waals surface area (Å²) in [6, 6.07) is 10.1. The smallest absolute Gasteiger partial charge is 0.245 e. The van der Waals surface area contributed by atoms with Crippen LogP contribution in [0.3, 0.4) is 0 Å². The number of hydrogen-bond donors (Lipinski definition) is 3. The molecular formula is C24H27FN4O5. The highest BCUT2D eigenvalue weighted by Gasteiger charge is 2.27. The molecule has 1 amide bonds. The van der Waals surface area contributed by atoms with Gasteiger partial charge in [-0.2, -0.15) is 5.10 Å². The van der Waals surface area contributed by atoms with Gasteiger partial charge >= 0.3 is 0 Å². The van der Waals surface area contributed by atoms with Crippen LogP contribution in [0.15, 0.2) is 36.4 Å². The van der Waals surface area contributed by atoms with Crippen LogP contribution in [0.5, 0.6) is 11.5 Å². The second kappa shape index (κ2) is 11.0. The summed E-state index contributed by atoms with van der Waals surface area (Å²) < 4.78 is 35.6. The summed E-state index contributed by atoms with van der Waals surface area (Å²) in [5.41, 5.74) is 4.59. The lowest BCUT2D eigenvalue weighted by Gasteiger charge is -2.13. The molecule has 34 heavy (non-hydrogen) atoms. The van der Waals surface area contributed by atoms with E-state index in [9.17, 15) is 9.18 Å². The molecule has 4 rings (SSSR count). The van der Waals surface area contributed by atoms with Crippen molar-refractivity contribution in [1.82, 2.24) is 15.5 Å². The third-order valence-corrected chi connectivity index (χ3v) is 5.35. The van der Waals surface area contributed by atoms with E-state index in [1.165, 1.54) is 12.1 Å². The fourth-order valence-corrected chi connectivity index (χ4v) is 3.68. The van der Waals surface area contributed by atoms with Crippen molar-refractivity contribution >= 4 is 17.4 Å². The molecule has 0 unspecified atom stereocenters. The predicted molar refractivity (Wildman–Crippen MR) is 124 cm³/mol. The Balaban J connectivity index is 1.34. The number of methoxy groups -OCH3 is 1. The molecule has 2 aromatic carbocycles. The first-order chi connectivity index (χ1) is 16.6. The van der Waals surface area contributed by atoms with Gasteiger partial charge in [-0.25, -0.2) is 4.39 Å². The van der Waals surface area contributed by atoms with Gasteiger partial charge in [-0.1, -0.05) is 6.07 Å². The molecule has 1 aromatic heterocycles. The van der Waals surface area contributed by atoms with Gasteiger partial charge in [0.25, 0.3) is 0 Å². The second-order valence-electron chi connectivity index (χ2n) is 7.58. The number of ether oxygens (including phenoxy) is 4. The Bertz CT molecular complexity index is 1150. The molecule has 0 spiro atoms. The zero-order chi connectivity index (χ0) is 23.9. The van der Waals surface area contributed by atoms with Crippen LogP contribution in [-0.2, 0) is 20.7 Å². The van der Waals surface area contributed by atoms with Gasteiger partial charge in [-0.3, -0.25) is 9.89 Å². The summed E-state index contributed by atoms with van der Waals surface area (Å²) in [5, 5.41) is 13.1. The third kappa shape index (κ3) is 5.46. The number of likely N-dealkylation sites (N-methyl/N-ethyl adjacent to an activating group) is 1. The molecule has 3 N–H and O–H groups in total. The number of carbonyl (C=O) groups is 1. The van der Waals surface area contributed by atoms with Gasteiger partial charge in [0.2, 0.25) is 5.91 Å². The van der Waals surface area contributed by atoms with E-state index >= 15 is 0 Å². The lowest BCUT2D eigenvalue weighted by molar-refractivity contribution is -0.125. The van der Waals surface area contributed by atoms with Crippen molar-refractivity contribution in [2.75, 3.05) is 52.5 Å². The summed E-state index contributed by atoms with van der Waals surface area (Å²) in [6.07, 6.45) is 0.651. The summed E-state index contributed by atoms with van der Waals surface area (Å²) in [7, 11) is 3.15. The molecule has 0 aliphatic heterocycles. The summed E-state index contributed by atoms with van der Waals surface area (Å²) >= 11 is 0. The number of hydrogen-bond acceptors (Lipinski definition) is 7. The number of anilines is 2. The molecule has 0 atom stereocenters. The minimum Gasteiger partial charge on any atom is -0.493 e. The molecule has 3 aromatic rings. The third-order valence-electron chi connectivity index (χ3n) is 5.35. The lowest BCUT2D eigenvalue weighted by atomic mass is 10.1. The van der Waals surface area contributed by atoms with E-state index < -0.39 is 0 Å². The fraction of sp³-hybridized carbons (Fsp3) is 0.333. The number of halogens is 1. The Morgan fingerprint density at radius 3 is 2.74 bits per heavy atom. The number of nitrogens with one attached hydrogen (secondary N) is 3. The van der Waals surface area contributed by atoms with Crippen LogP contribution in [0.25, 0.3) is 11.3 Å². The van der Waals surface area contributed by atoms with Gasteiger partial charge in [0.15, 0.2) is 17.3 Å². The number of aromatic nitrogens is 2. The van der Waals surface area contributed by atoms with Gasteiger partial charge in [-0.05, 0) is 35.9 Å². The normalized spacial score (nSPS) is 11.6. The second-order valence-corrected chi connectivity index (χ2v) is 7.58. The van der Waals surface area contributed by atoms with Crippen LogP contribution in [0.4, 0.5) is 15.9 Å². The summed E-state index contributed by atoms with van der Waals surface area (Å²) in [4.78, 5) is 11.1. The predicted octanol–water partition coefficient (Wildman–Crippen LogP) is 3.03. The fourth-order valence-electron chi connectivity index (χ4n) is 3.68. The number of amides is 1. The van der Waals surface area contributed by atoms with Crippen molar-refractivity contribution in [2.45, 2.75) is 6.42 Å². The number of benzene rings is 2. The zero-order valence-corrected chi connectivity index (χ0v) is 19.1. The number of aromatic amines is 1. The average molecular weight is 471 g/mol. The van der Waals surface area contributed by atoms with E-state index in [1.807, 2.05) is 12.1 Å². The number of fused-ring (bicyclic) bond motifs is 3. The van der Waals surface area contributed by atoms with Gasteiger partial charge in [0.1, 0.15) is 19.0 Å². The van der Waals surface area contributed by atoms with Crippen molar-refractivity contribution in [3.8, 4) is 22.8 Å². The van der Waals surface area contributed by atoms with Gasteiger partial charge in [0.05, 0.1) is 32.6 Å². The van der Waals surface area contributed by atoms with E-state index in [0.717, 1.165) is 22.4 Å². The Morgan fingerprint density at radius 2 is 1.94 bits per heavy atom. The Morgan fingerprint density at radius 1 is 1.12 bits per heavy atom. The first-order valence-electron chi connectivity index (χ1n) is 10.9. The molecule has 1 aliphatic rings. The topological polar surface area (TPSA) is 107 Å². The Kier molecular flexibility index (Phi) is 7.61. The quantitative estimate of drug-likeness (QED) is 0.273. The molecule has 0 saturated heterocycles. The monoisotopic (exact) mass is 470 g/mol. The van der Waals surface area contributed by atoms with Gasteiger partial charge < -0.3 is 29.6 Å². The average Bonchev–Trinajstić information content (AvgIpc) is 3.39. The molecule has 10 heteroatoms. The van der Waals surface area contributed by atoms with E-state index in [0.29, 0.717) is 55.9 Å². The van der Waals surface area contributed by atoms with Crippen LogP contribution >= 0.6 is 0 Å². The SMILES string of the molecule is CNC(=O)COCCOCCOc1cc2c(cc1OC)-c1[nH]nc(Nc3cccc(F)c3)c1C2. The van der Waals surface area contributed by atoms with E-state index in [2.05, 4.69) is 20.8 Å². The van der Waals surface area contributed by atoms with Crippen LogP contribution in [0.1, 0.15) is 11.1 Å². The highest BCUT2D eigenvalue weighted by Crippen LogP contribution is 2.44. The largest absolute Gasteiger partial charge is 0.493 e. The molecule has 1 aliphatic carbocycles. The van der Waals surface area contributed by atoms with Crippen molar-refractivity contribution in [2.24, 2.45) is 0 Å². The lowest BCUT2D eigenvalue weighted by Crippen LogP contribution is -2.24. The first kappa shape index (κ1) is 23.5. The molecule has 0 bridgehead atoms. The minimum absolute atomic E-state index is 0.0136. The maximum Gasteiger partial charge on any atom is 0.245 e. The molecular weight excluding hydrogens is 443 g/mol. The first-order valence-corrected chi connectivity index (χ1v) is 10.9. The Hall–Kier alpha value is -3.63. The number of nitrogens with zero attached hydrogens (tertiary/aromatic N) is 1. The van der Waals surface area contributed by atoms with Crippen molar-refractivity contribution in [1.29, 1.82) is 0 Å². The van der Waals surface area contributed by atoms with Crippen molar-refractivity contribution in [3.05, 3.63) is 53.3 Å². The molecule has 0 saturated carbocycles. The summed E-state index contributed by atoms with van der Waals surface area (Å²) in [5.74, 6) is 1.40. The minimum atomic E-state index is -0.313. The Labute approximate surface area is 196 Å². The van der Waals surface area contributed by atoms with Gasteiger partial charge in [-0.15, -0.1) is 0 Å².